The van der Waals surface area contributed by atoms with Crippen molar-refractivity contribution in [3.8, 4) is 0 Å². The number of likely N-dealkylation sites (tertiary alicyclic amines) is 1. The van der Waals surface area contributed by atoms with E-state index in [1.165, 1.54) is 0 Å². The second-order valence-electron chi connectivity index (χ2n) is 5.98. The number of carboxylic acids is 1. The third-order valence-electron chi connectivity index (χ3n) is 4.43. The first-order chi connectivity index (χ1) is 11.0. The standard InChI is InChI=1S/C17H19BrN2O3/c18-14-4-3-12-5-8-19(15(12)10-14)9-6-16(21)20-7-1-2-13(11-20)17(22)23/h3-5,8,10,13H,1-2,6-7,9,11H2,(H,22,23)/t13-/m0/s1. The number of rotatable bonds is 4. The predicted octanol–water partition coefficient (Wildman–Crippen LogP) is 3.12. The molecular weight excluding hydrogens is 360 g/mol. The molecule has 2 heterocycles. The van der Waals surface area contributed by atoms with E-state index < -0.39 is 11.9 Å². The van der Waals surface area contributed by atoms with Crippen LogP contribution in [0.3, 0.4) is 0 Å². The Labute approximate surface area is 143 Å². The summed E-state index contributed by atoms with van der Waals surface area (Å²) in [6, 6.07) is 8.12. The number of hydrogen-bond donors (Lipinski definition) is 1. The number of aliphatic carboxylic acids is 1. The van der Waals surface area contributed by atoms with Crippen molar-refractivity contribution in [2.45, 2.75) is 25.8 Å². The molecule has 3 rings (SSSR count). The molecular formula is C17H19BrN2O3. The van der Waals surface area contributed by atoms with Gasteiger partial charge in [-0.05, 0) is 36.4 Å². The van der Waals surface area contributed by atoms with Crippen molar-refractivity contribution >= 4 is 38.7 Å². The molecule has 1 aromatic carbocycles. The summed E-state index contributed by atoms with van der Waals surface area (Å²) < 4.78 is 3.08. The molecule has 1 aliphatic rings. The quantitative estimate of drug-likeness (QED) is 0.888. The third kappa shape index (κ3) is 3.58. The lowest BCUT2D eigenvalue weighted by molar-refractivity contribution is -0.145. The van der Waals surface area contributed by atoms with Crippen LogP contribution in [0.15, 0.2) is 34.9 Å². The largest absolute Gasteiger partial charge is 0.481 e. The number of fused-ring (bicyclic) bond motifs is 1. The monoisotopic (exact) mass is 378 g/mol. The molecule has 0 radical (unpaired) electrons. The van der Waals surface area contributed by atoms with Crippen molar-refractivity contribution in [1.82, 2.24) is 9.47 Å². The van der Waals surface area contributed by atoms with E-state index >= 15 is 0 Å². The molecule has 122 valence electrons. The first-order valence-corrected chi connectivity index (χ1v) is 8.59. The molecule has 0 bridgehead atoms. The van der Waals surface area contributed by atoms with Crippen LogP contribution in [-0.2, 0) is 16.1 Å². The number of halogens is 1. The van der Waals surface area contributed by atoms with Gasteiger partial charge in [0, 0.05) is 42.2 Å². The molecule has 1 saturated heterocycles. The van der Waals surface area contributed by atoms with Gasteiger partial charge in [0.05, 0.1) is 5.92 Å². The summed E-state index contributed by atoms with van der Waals surface area (Å²) in [6.07, 6.45) is 3.81. The number of carbonyl (C=O) groups excluding carboxylic acids is 1. The number of nitrogens with zero attached hydrogens (tertiary/aromatic N) is 2. The highest BCUT2D eigenvalue weighted by atomic mass is 79.9. The fourth-order valence-electron chi connectivity index (χ4n) is 3.13. The summed E-state index contributed by atoms with van der Waals surface area (Å²) in [6.45, 7) is 1.61. The van der Waals surface area contributed by atoms with Gasteiger partial charge in [0.1, 0.15) is 0 Å². The lowest BCUT2D eigenvalue weighted by Gasteiger charge is -2.30. The van der Waals surface area contributed by atoms with E-state index in [2.05, 4.69) is 20.5 Å². The number of piperidine rings is 1. The molecule has 5 nitrogen and oxygen atoms in total. The molecule has 0 unspecified atom stereocenters. The second-order valence-corrected chi connectivity index (χ2v) is 6.90. The molecule has 0 saturated carbocycles. The lowest BCUT2D eigenvalue weighted by atomic mass is 9.98. The van der Waals surface area contributed by atoms with Crippen LogP contribution in [0.25, 0.3) is 10.9 Å². The Morgan fingerprint density at radius 1 is 1.30 bits per heavy atom. The summed E-state index contributed by atoms with van der Waals surface area (Å²) in [5, 5.41) is 10.3. The van der Waals surface area contributed by atoms with Gasteiger partial charge in [-0.15, -0.1) is 0 Å². The maximum Gasteiger partial charge on any atom is 0.308 e. The zero-order chi connectivity index (χ0) is 16.4. The highest BCUT2D eigenvalue weighted by molar-refractivity contribution is 9.10. The molecule has 0 aliphatic carbocycles. The molecule has 23 heavy (non-hydrogen) atoms. The number of hydrogen-bond acceptors (Lipinski definition) is 2. The number of aryl methyl sites for hydroxylation is 1. The summed E-state index contributed by atoms with van der Waals surface area (Å²) in [5.41, 5.74) is 1.09. The lowest BCUT2D eigenvalue weighted by Crippen LogP contribution is -2.42. The van der Waals surface area contributed by atoms with Crippen LogP contribution in [0.5, 0.6) is 0 Å². The van der Waals surface area contributed by atoms with Gasteiger partial charge >= 0.3 is 5.97 Å². The van der Waals surface area contributed by atoms with Crippen molar-refractivity contribution in [3.63, 3.8) is 0 Å². The number of carboxylic acid groups (broad SMARTS) is 1. The summed E-state index contributed by atoms with van der Waals surface area (Å²) >= 11 is 3.47. The van der Waals surface area contributed by atoms with E-state index in [9.17, 15) is 9.59 Å². The van der Waals surface area contributed by atoms with Gasteiger partial charge in [-0.25, -0.2) is 0 Å². The van der Waals surface area contributed by atoms with Crippen LogP contribution in [0.1, 0.15) is 19.3 Å². The first-order valence-electron chi connectivity index (χ1n) is 7.79. The van der Waals surface area contributed by atoms with Crippen LogP contribution < -0.4 is 0 Å². The number of amides is 1. The molecule has 6 heteroatoms. The Morgan fingerprint density at radius 3 is 2.91 bits per heavy atom. The minimum atomic E-state index is -0.802. The van der Waals surface area contributed by atoms with Gasteiger partial charge in [0.15, 0.2) is 0 Å². The van der Waals surface area contributed by atoms with E-state index in [0.717, 1.165) is 21.8 Å². The summed E-state index contributed by atoms with van der Waals surface area (Å²) in [7, 11) is 0. The molecule has 1 N–H and O–H groups in total. The van der Waals surface area contributed by atoms with E-state index in [0.29, 0.717) is 32.5 Å². The molecule has 1 fully saturated rings. The maximum atomic E-state index is 12.4. The van der Waals surface area contributed by atoms with Crippen LogP contribution in [0.4, 0.5) is 0 Å². The maximum absolute atomic E-state index is 12.4. The van der Waals surface area contributed by atoms with E-state index in [1.807, 2.05) is 30.5 Å². The van der Waals surface area contributed by atoms with Crippen molar-refractivity contribution in [1.29, 1.82) is 0 Å². The highest BCUT2D eigenvalue weighted by Gasteiger charge is 2.27. The molecule has 1 aromatic heterocycles. The van der Waals surface area contributed by atoms with Gasteiger partial charge in [-0.2, -0.15) is 0 Å². The molecule has 2 aromatic rings. The third-order valence-corrected chi connectivity index (χ3v) is 4.92. The van der Waals surface area contributed by atoms with Gasteiger partial charge in [0.25, 0.3) is 0 Å². The molecule has 1 atom stereocenters. The summed E-state index contributed by atoms with van der Waals surface area (Å²) in [4.78, 5) is 25.2. The van der Waals surface area contributed by atoms with Crippen LogP contribution in [0, 0.1) is 5.92 Å². The van der Waals surface area contributed by atoms with Crippen molar-refractivity contribution in [2.75, 3.05) is 13.1 Å². The van der Waals surface area contributed by atoms with Crippen LogP contribution in [-0.4, -0.2) is 39.5 Å². The van der Waals surface area contributed by atoms with Gasteiger partial charge in [-0.3, -0.25) is 9.59 Å². The normalized spacial score (nSPS) is 18.3. The van der Waals surface area contributed by atoms with Gasteiger partial charge in [-0.1, -0.05) is 22.0 Å². The van der Waals surface area contributed by atoms with Gasteiger partial charge < -0.3 is 14.6 Å². The Bertz CT molecular complexity index is 741. The average molecular weight is 379 g/mol. The fraction of sp³-hybridized carbons (Fsp3) is 0.412. The van der Waals surface area contributed by atoms with Crippen molar-refractivity contribution in [3.05, 3.63) is 34.9 Å². The average Bonchev–Trinajstić information content (AvgIpc) is 2.95. The Kier molecular flexibility index (Phi) is 4.71. The first kappa shape index (κ1) is 16.1. The number of carbonyl (C=O) groups is 2. The van der Waals surface area contributed by atoms with E-state index in [-0.39, 0.29) is 5.91 Å². The zero-order valence-corrected chi connectivity index (χ0v) is 14.3. The number of benzene rings is 1. The van der Waals surface area contributed by atoms with E-state index in [4.69, 9.17) is 5.11 Å². The highest BCUT2D eigenvalue weighted by Crippen LogP contribution is 2.22. The molecule has 0 spiro atoms. The van der Waals surface area contributed by atoms with Crippen LogP contribution in [0.2, 0.25) is 0 Å². The van der Waals surface area contributed by atoms with Crippen molar-refractivity contribution < 1.29 is 14.7 Å². The Hall–Kier alpha value is -1.82. The second kappa shape index (κ2) is 6.74. The zero-order valence-electron chi connectivity index (χ0n) is 12.7. The SMILES string of the molecule is O=C(O)[C@H]1CCCN(C(=O)CCn2ccc3ccc(Br)cc32)C1. The fourth-order valence-corrected chi connectivity index (χ4v) is 3.48. The minimum Gasteiger partial charge on any atom is -0.481 e. The topological polar surface area (TPSA) is 62.5 Å². The Morgan fingerprint density at radius 2 is 2.13 bits per heavy atom. The minimum absolute atomic E-state index is 0.0350. The molecule has 1 amide bonds. The van der Waals surface area contributed by atoms with E-state index in [1.54, 1.807) is 4.90 Å². The Balaban J connectivity index is 1.64. The predicted molar refractivity (Wildman–Crippen MR) is 91.2 cm³/mol. The number of aromatic nitrogens is 1. The van der Waals surface area contributed by atoms with Crippen molar-refractivity contribution in [2.24, 2.45) is 5.92 Å². The smallest absolute Gasteiger partial charge is 0.308 e. The van der Waals surface area contributed by atoms with Gasteiger partial charge in [0.2, 0.25) is 5.91 Å². The van der Waals surface area contributed by atoms with Crippen LogP contribution >= 0.6 is 15.9 Å². The molecule has 1 aliphatic heterocycles. The summed E-state index contributed by atoms with van der Waals surface area (Å²) in [5.74, 6) is -1.19.